The van der Waals surface area contributed by atoms with E-state index in [1.165, 1.54) is 19.1 Å². The minimum Gasteiger partial charge on any atom is -0.480 e. The monoisotopic (exact) mass is 289 g/mol. The lowest BCUT2D eigenvalue weighted by Gasteiger charge is -2.24. The second kappa shape index (κ2) is 5.59. The van der Waals surface area contributed by atoms with Gasteiger partial charge in [-0.2, -0.15) is 0 Å². The number of amides is 1. The number of rotatable bonds is 4. The van der Waals surface area contributed by atoms with E-state index in [1.807, 2.05) is 0 Å². The van der Waals surface area contributed by atoms with Crippen molar-refractivity contribution in [3.8, 4) is 0 Å². The first-order valence-electron chi connectivity index (χ1n) is 5.31. The van der Waals surface area contributed by atoms with Crippen molar-refractivity contribution in [3.05, 3.63) is 33.8 Å². The fourth-order valence-electron chi connectivity index (χ4n) is 1.28. The first-order valence-corrected chi connectivity index (χ1v) is 6.06. The van der Waals surface area contributed by atoms with E-state index >= 15 is 0 Å². The van der Waals surface area contributed by atoms with Crippen LogP contribution in [0.4, 0.5) is 0 Å². The highest BCUT2D eigenvalue weighted by Gasteiger charge is 2.33. The van der Waals surface area contributed by atoms with Gasteiger partial charge in [-0.05, 0) is 31.5 Å². The lowest BCUT2D eigenvalue weighted by molar-refractivity contribution is -0.143. The van der Waals surface area contributed by atoms with Gasteiger partial charge in [-0.25, -0.2) is 4.79 Å². The second-order valence-electron chi connectivity index (χ2n) is 4.07. The third kappa shape index (κ3) is 3.15. The van der Waals surface area contributed by atoms with Crippen LogP contribution in [0.25, 0.3) is 0 Å². The van der Waals surface area contributed by atoms with Gasteiger partial charge in [0.05, 0.1) is 10.6 Å². The largest absolute Gasteiger partial charge is 0.480 e. The normalized spacial score (nSPS) is 13.8. The minimum atomic E-state index is -1.33. The van der Waals surface area contributed by atoms with Gasteiger partial charge in [0.25, 0.3) is 5.91 Å². The first-order chi connectivity index (χ1) is 8.30. The number of halogens is 2. The molecule has 0 aliphatic heterocycles. The molecule has 98 valence electrons. The lowest BCUT2D eigenvalue weighted by atomic mass is 9.98. The Labute approximate surface area is 115 Å². The molecular formula is C12H13Cl2NO3. The van der Waals surface area contributed by atoms with Crippen molar-refractivity contribution in [2.24, 2.45) is 0 Å². The molecule has 0 saturated heterocycles. The van der Waals surface area contributed by atoms with Gasteiger partial charge in [0.1, 0.15) is 5.54 Å². The fraction of sp³-hybridized carbons (Fsp3) is 0.333. The van der Waals surface area contributed by atoms with Gasteiger partial charge in [-0.1, -0.05) is 30.1 Å². The molecule has 0 aliphatic rings. The van der Waals surface area contributed by atoms with Gasteiger partial charge < -0.3 is 10.4 Å². The number of aliphatic carboxylic acids is 1. The van der Waals surface area contributed by atoms with Crippen LogP contribution in [-0.2, 0) is 4.79 Å². The predicted octanol–water partition coefficient (Wildman–Crippen LogP) is 2.98. The SMILES string of the molecule is CCC(C)(NC(=O)c1cc(Cl)ccc1Cl)C(=O)O. The fourth-order valence-corrected chi connectivity index (χ4v) is 1.66. The molecule has 1 amide bonds. The van der Waals surface area contributed by atoms with Crippen LogP contribution in [0.15, 0.2) is 18.2 Å². The number of nitrogens with one attached hydrogen (secondary N) is 1. The molecule has 1 aromatic rings. The number of benzene rings is 1. The van der Waals surface area contributed by atoms with E-state index < -0.39 is 17.4 Å². The van der Waals surface area contributed by atoms with E-state index in [9.17, 15) is 9.59 Å². The maximum Gasteiger partial charge on any atom is 0.329 e. The third-order valence-corrected chi connectivity index (χ3v) is 3.31. The van der Waals surface area contributed by atoms with E-state index in [2.05, 4.69) is 5.32 Å². The van der Waals surface area contributed by atoms with Gasteiger partial charge >= 0.3 is 5.97 Å². The lowest BCUT2D eigenvalue weighted by Crippen LogP contribution is -2.51. The van der Waals surface area contributed by atoms with E-state index in [1.54, 1.807) is 13.0 Å². The number of carboxylic acids is 1. The second-order valence-corrected chi connectivity index (χ2v) is 4.91. The van der Waals surface area contributed by atoms with Crippen molar-refractivity contribution >= 4 is 35.1 Å². The van der Waals surface area contributed by atoms with Gasteiger partial charge in [-0.3, -0.25) is 4.79 Å². The quantitative estimate of drug-likeness (QED) is 0.895. The summed E-state index contributed by atoms with van der Waals surface area (Å²) in [6.07, 6.45) is 0.256. The highest BCUT2D eigenvalue weighted by molar-refractivity contribution is 6.35. The number of hydrogen-bond donors (Lipinski definition) is 2. The summed E-state index contributed by atoms with van der Waals surface area (Å²) >= 11 is 11.6. The Kier molecular flexibility index (Phi) is 4.59. The Morgan fingerprint density at radius 3 is 2.50 bits per heavy atom. The zero-order chi connectivity index (χ0) is 13.9. The Bertz CT molecular complexity index is 490. The highest BCUT2D eigenvalue weighted by Crippen LogP contribution is 2.21. The topological polar surface area (TPSA) is 66.4 Å². The molecule has 0 aromatic heterocycles. The molecule has 0 bridgehead atoms. The highest BCUT2D eigenvalue weighted by atomic mass is 35.5. The van der Waals surface area contributed by atoms with Crippen LogP contribution in [0.3, 0.4) is 0 Å². The molecule has 2 N–H and O–H groups in total. The van der Waals surface area contributed by atoms with Gasteiger partial charge in [0, 0.05) is 5.02 Å². The van der Waals surface area contributed by atoms with Gasteiger partial charge in [0.2, 0.25) is 0 Å². The molecule has 6 heteroatoms. The van der Waals surface area contributed by atoms with E-state index in [0.717, 1.165) is 0 Å². The van der Waals surface area contributed by atoms with Crippen molar-refractivity contribution in [3.63, 3.8) is 0 Å². The molecule has 18 heavy (non-hydrogen) atoms. The van der Waals surface area contributed by atoms with Crippen LogP contribution < -0.4 is 5.32 Å². The van der Waals surface area contributed by atoms with Crippen molar-refractivity contribution in [2.45, 2.75) is 25.8 Å². The number of hydrogen-bond acceptors (Lipinski definition) is 2. The summed E-state index contributed by atoms with van der Waals surface area (Å²) < 4.78 is 0. The number of carboxylic acid groups (broad SMARTS) is 1. The van der Waals surface area contributed by atoms with Gasteiger partial charge in [0.15, 0.2) is 0 Å². The molecular weight excluding hydrogens is 277 g/mol. The van der Waals surface area contributed by atoms with Crippen molar-refractivity contribution in [1.82, 2.24) is 5.32 Å². The van der Waals surface area contributed by atoms with Crippen LogP contribution in [0.2, 0.25) is 10.0 Å². The summed E-state index contributed by atoms with van der Waals surface area (Å²) in [6, 6.07) is 4.44. The van der Waals surface area contributed by atoms with Crippen LogP contribution in [0.1, 0.15) is 30.6 Å². The zero-order valence-corrected chi connectivity index (χ0v) is 11.5. The van der Waals surface area contributed by atoms with E-state index in [0.29, 0.717) is 5.02 Å². The number of carbonyl (C=O) groups excluding carboxylic acids is 1. The Balaban J connectivity index is 3.02. The van der Waals surface area contributed by atoms with Crippen molar-refractivity contribution in [1.29, 1.82) is 0 Å². The molecule has 0 spiro atoms. The molecule has 0 fully saturated rings. The van der Waals surface area contributed by atoms with Crippen LogP contribution in [0, 0.1) is 0 Å². The zero-order valence-electron chi connectivity index (χ0n) is 9.96. The van der Waals surface area contributed by atoms with Crippen LogP contribution >= 0.6 is 23.2 Å². The predicted molar refractivity (Wildman–Crippen MR) is 70.3 cm³/mol. The minimum absolute atomic E-state index is 0.157. The summed E-state index contributed by atoms with van der Waals surface area (Å²) in [7, 11) is 0. The maximum absolute atomic E-state index is 12.0. The average molecular weight is 290 g/mol. The molecule has 1 atom stereocenters. The smallest absolute Gasteiger partial charge is 0.329 e. The van der Waals surface area contributed by atoms with Gasteiger partial charge in [-0.15, -0.1) is 0 Å². The summed E-state index contributed by atoms with van der Waals surface area (Å²) in [5.74, 6) is -1.66. The average Bonchev–Trinajstić information content (AvgIpc) is 2.31. The van der Waals surface area contributed by atoms with Crippen molar-refractivity contribution in [2.75, 3.05) is 0 Å². The molecule has 0 saturated carbocycles. The Morgan fingerprint density at radius 2 is 2.00 bits per heavy atom. The third-order valence-electron chi connectivity index (χ3n) is 2.74. The van der Waals surface area contributed by atoms with E-state index in [-0.39, 0.29) is 17.0 Å². The summed E-state index contributed by atoms with van der Waals surface area (Å²) in [6.45, 7) is 3.11. The number of carbonyl (C=O) groups is 2. The standard InChI is InChI=1S/C12H13Cl2NO3/c1-3-12(2,11(17)18)15-10(16)8-6-7(13)4-5-9(8)14/h4-6H,3H2,1-2H3,(H,15,16)(H,17,18). The van der Waals surface area contributed by atoms with E-state index in [4.69, 9.17) is 28.3 Å². The van der Waals surface area contributed by atoms with Crippen LogP contribution in [-0.4, -0.2) is 22.5 Å². The molecule has 1 aromatic carbocycles. The summed E-state index contributed by atoms with van der Waals surface area (Å²) in [5.41, 5.74) is -1.17. The molecule has 0 radical (unpaired) electrons. The first kappa shape index (κ1) is 14.8. The summed E-state index contributed by atoms with van der Waals surface area (Å²) in [5, 5.41) is 12.1. The molecule has 1 rings (SSSR count). The Morgan fingerprint density at radius 1 is 1.39 bits per heavy atom. The van der Waals surface area contributed by atoms with Crippen LogP contribution in [0.5, 0.6) is 0 Å². The Hall–Kier alpha value is -1.26. The molecule has 0 heterocycles. The van der Waals surface area contributed by atoms with Crippen molar-refractivity contribution < 1.29 is 14.7 Å². The summed E-state index contributed by atoms with van der Waals surface area (Å²) in [4.78, 5) is 23.1. The molecule has 0 aliphatic carbocycles. The molecule has 4 nitrogen and oxygen atoms in total. The maximum atomic E-state index is 12.0. The molecule has 1 unspecified atom stereocenters.